The van der Waals surface area contributed by atoms with Crippen LogP contribution in [0.3, 0.4) is 0 Å². The molecule has 11 heteroatoms. The lowest BCUT2D eigenvalue weighted by atomic mass is 10.1. The summed E-state index contributed by atoms with van der Waals surface area (Å²) >= 11 is 0. The highest BCUT2D eigenvalue weighted by molar-refractivity contribution is 7.92. The third-order valence-electron chi connectivity index (χ3n) is 5.34. The number of anilines is 1. The maximum Gasteiger partial charge on any atom is 0.337 e. The topological polar surface area (TPSA) is 133 Å². The minimum atomic E-state index is -3.98. The van der Waals surface area contributed by atoms with Gasteiger partial charge in [0, 0.05) is 17.3 Å². The fourth-order valence-corrected chi connectivity index (χ4v) is 4.89. The molecule has 10 nitrogen and oxygen atoms in total. The molecule has 0 saturated carbocycles. The average Bonchev–Trinajstić information content (AvgIpc) is 3.17. The molecule has 4 aromatic rings. The van der Waals surface area contributed by atoms with Gasteiger partial charge in [-0.1, -0.05) is 17.3 Å². The highest BCUT2D eigenvalue weighted by atomic mass is 32.2. The van der Waals surface area contributed by atoms with Crippen LogP contribution in [-0.4, -0.2) is 36.4 Å². The van der Waals surface area contributed by atoms with Crippen molar-refractivity contribution in [3.8, 4) is 16.9 Å². The van der Waals surface area contributed by atoms with E-state index in [9.17, 15) is 18.0 Å². The van der Waals surface area contributed by atoms with E-state index in [1.54, 1.807) is 32.9 Å². The fourth-order valence-electron chi connectivity index (χ4n) is 3.56. The largest absolute Gasteiger partial charge is 0.465 e. The Bertz CT molecular complexity index is 1570. The van der Waals surface area contributed by atoms with Crippen molar-refractivity contribution in [2.45, 2.75) is 25.7 Å². The number of nitrogens with one attached hydrogen (secondary N) is 1. The minimum Gasteiger partial charge on any atom is -0.465 e. The summed E-state index contributed by atoms with van der Waals surface area (Å²) in [6.07, 6.45) is 0. The summed E-state index contributed by atoms with van der Waals surface area (Å²) in [6, 6.07) is 13.6. The van der Waals surface area contributed by atoms with Crippen LogP contribution in [0.25, 0.3) is 16.9 Å². The van der Waals surface area contributed by atoms with E-state index in [-0.39, 0.29) is 16.1 Å². The van der Waals surface area contributed by atoms with Crippen LogP contribution >= 0.6 is 0 Å². The fraction of sp³-hybridized carbons (Fsp3) is 0.167. The van der Waals surface area contributed by atoms with E-state index in [0.29, 0.717) is 39.5 Å². The maximum atomic E-state index is 13.2. The summed E-state index contributed by atoms with van der Waals surface area (Å²) in [4.78, 5) is 24.1. The zero-order chi connectivity index (χ0) is 25.3. The Hall–Kier alpha value is -4.25. The Morgan fingerprint density at radius 1 is 1.03 bits per heavy atom. The van der Waals surface area contributed by atoms with Crippen molar-refractivity contribution < 1.29 is 22.5 Å². The molecule has 0 aliphatic rings. The van der Waals surface area contributed by atoms with Gasteiger partial charge >= 0.3 is 5.97 Å². The molecular formula is C24H22N4O6S. The van der Waals surface area contributed by atoms with Gasteiger partial charge in [-0.3, -0.25) is 9.52 Å². The van der Waals surface area contributed by atoms with Crippen molar-refractivity contribution in [2.24, 2.45) is 0 Å². The number of rotatable bonds is 6. The molecule has 180 valence electrons. The monoisotopic (exact) mass is 494 g/mol. The van der Waals surface area contributed by atoms with Gasteiger partial charge in [0.25, 0.3) is 15.6 Å². The Balaban J connectivity index is 1.71. The average molecular weight is 495 g/mol. The molecule has 0 saturated heterocycles. The van der Waals surface area contributed by atoms with Crippen LogP contribution in [0.5, 0.6) is 0 Å². The van der Waals surface area contributed by atoms with Crippen molar-refractivity contribution in [3.05, 3.63) is 87.5 Å². The number of esters is 1. The number of aromatic nitrogens is 3. The molecule has 0 amide bonds. The molecule has 2 aromatic heterocycles. The van der Waals surface area contributed by atoms with E-state index in [1.165, 1.54) is 54.3 Å². The Kier molecular flexibility index (Phi) is 6.27. The highest BCUT2D eigenvalue weighted by Crippen LogP contribution is 2.26. The summed E-state index contributed by atoms with van der Waals surface area (Å²) in [6.45, 7) is 5.06. The molecule has 0 aliphatic carbocycles. The molecule has 0 fully saturated rings. The highest BCUT2D eigenvalue weighted by Gasteiger charge is 2.20. The number of hydrogen-bond acceptors (Lipinski definition) is 8. The predicted molar refractivity (Wildman–Crippen MR) is 128 cm³/mol. The van der Waals surface area contributed by atoms with Crippen molar-refractivity contribution >= 4 is 21.7 Å². The summed E-state index contributed by atoms with van der Waals surface area (Å²) < 4.78 is 39.9. The number of aryl methyl sites for hydroxylation is 3. The van der Waals surface area contributed by atoms with Crippen LogP contribution in [0.15, 0.2) is 68.8 Å². The van der Waals surface area contributed by atoms with E-state index < -0.39 is 16.0 Å². The quantitative estimate of drug-likeness (QED) is 0.403. The zero-order valence-electron chi connectivity index (χ0n) is 19.4. The van der Waals surface area contributed by atoms with Gasteiger partial charge in [0.15, 0.2) is 5.76 Å². The molecule has 0 radical (unpaired) electrons. The number of sulfonamides is 1. The van der Waals surface area contributed by atoms with Crippen molar-refractivity contribution in [1.29, 1.82) is 0 Å². The first-order valence-electron chi connectivity index (χ1n) is 10.5. The Morgan fingerprint density at radius 2 is 1.74 bits per heavy atom. The molecule has 1 N–H and O–H groups in total. The van der Waals surface area contributed by atoms with Gasteiger partial charge in [0.2, 0.25) is 0 Å². The number of hydrogen-bond donors (Lipinski definition) is 1. The second-order valence-electron chi connectivity index (χ2n) is 7.80. The lowest BCUT2D eigenvalue weighted by molar-refractivity contribution is 0.0600. The predicted octanol–water partition coefficient (Wildman–Crippen LogP) is 3.40. The van der Waals surface area contributed by atoms with Gasteiger partial charge in [0.1, 0.15) is 11.4 Å². The van der Waals surface area contributed by atoms with Crippen LogP contribution < -0.4 is 10.3 Å². The van der Waals surface area contributed by atoms with Crippen LogP contribution in [0.2, 0.25) is 0 Å². The molecular weight excluding hydrogens is 472 g/mol. The van der Waals surface area contributed by atoms with E-state index in [4.69, 9.17) is 4.52 Å². The normalized spacial score (nSPS) is 11.3. The minimum absolute atomic E-state index is 0.0453. The van der Waals surface area contributed by atoms with Crippen molar-refractivity contribution in [2.75, 3.05) is 11.8 Å². The number of methoxy groups -OCH3 is 1. The number of benzene rings is 2. The third-order valence-corrected chi connectivity index (χ3v) is 6.86. The summed E-state index contributed by atoms with van der Waals surface area (Å²) in [7, 11) is -2.71. The number of carbonyl (C=O) groups is 1. The molecule has 2 heterocycles. The van der Waals surface area contributed by atoms with E-state index >= 15 is 0 Å². The summed E-state index contributed by atoms with van der Waals surface area (Å²) in [5, 5.41) is 8.29. The molecule has 2 aromatic carbocycles. The van der Waals surface area contributed by atoms with Gasteiger partial charge in [-0.05, 0) is 62.7 Å². The SMILES string of the molecule is COC(=O)c1ccc(NS(=O)(=O)c2cc(-c3ccc(=O)n(-c4c(C)noc4C)n3)ccc2C)cc1. The Morgan fingerprint density at radius 3 is 2.37 bits per heavy atom. The Labute approximate surface area is 201 Å². The first kappa shape index (κ1) is 23.9. The molecule has 0 aliphatic heterocycles. The van der Waals surface area contributed by atoms with Crippen LogP contribution in [0, 0.1) is 20.8 Å². The summed E-state index contributed by atoms with van der Waals surface area (Å²) in [5.41, 5.74) is 2.56. The van der Waals surface area contributed by atoms with E-state index in [2.05, 4.69) is 19.7 Å². The maximum absolute atomic E-state index is 13.2. The molecule has 35 heavy (non-hydrogen) atoms. The standard InChI is InChI=1S/C24H22N4O6S/c1-14-5-6-18(20-11-12-22(29)28(25-20)23-15(2)26-34-16(23)3)13-21(14)35(31,32)27-19-9-7-17(8-10-19)24(30)33-4/h5-13,27H,1-4H3. The number of nitrogens with zero attached hydrogens (tertiary/aromatic N) is 3. The molecule has 0 bridgehead atoms. The van der Waals surface area contributed by atoms with E-state index in [1.807, 2.05) is 0 Å². The lowest BCUT2D eigenvalue weighted by Gasteiger charge is -2.13. The van der Waals surface area contributed by atoms with Crippen LogP contribution in [-0.2, 0) is 14.8 Å². The number of ether oxygens (including phenoxy) is 1. The van der Waals surface area contributed by atoms with Gasteiger partial charge < -0.3 is 9.26 Å². The van der Waals surface area contributed by atoms with E-state index in [0.717, 1.165) is 0 Å². The van der Waals surface area contributed by atoms with Gasteiger partial charge in [-0.15, -0.1) is 0 Å². The lowest BCUT2D eigenvalue weighted by Crippen LogP contribution is -2.21. The first-order valence-corrected chi connectivity index (χ1v) is 11.9. The smallest absolute Gasteiger partial charge is 0.337 e. The second kappa shape index (κ2) is 9.18. The second-order valence-corrected chi connectivity index (χ2v) is 9.45. The van der Waals surface area contributed by atoms with Crippen molar-refractivity contribution in [3.63, 3.8) is 0 Å². The first-order chi connectivity index (χ1) is 16.6. The molecule has 4 rings (SSSR count). The third kappa shape index (κ3) is 4.71. The van der Waals surface area contributed by atoms with Gasteiger partial charge in [-0.25, -0.2) is 13.2 Å². The van der Waals surface area contributed by atoms with Gasteiger partial charge in [0.05, 0.1) is 23.3 Å². The zero-order valence-corrected chi connectivity index (χ0v) is 20.2. The summed E-state index contributed by atoms with van der Waals surface area (Å²) in [5.74, 6) is -0.0859. The van der Waals surface area contributed by atoms with Crippen LogP contribution in [0.4, 0.5) is 5.69 Å². The van der Waals surface area contributed by atoms with Crippen molar-refractivity contribution in [1.82, 2.24) is 14.9 Å². The number of carbonyl (C=O) groups excluding carboxylic acids is 1. The molecule has 0 spiro atoms. The van der Waals surface area contributed by atoms with Crippen LogP contribution in [0.1, 0.15) is 27.4 Å². The molecule has 0 unspecified atom stereocenters. The molecule has 0 atom stereocenters. The van der Waals surface area contributed by atoms with Gasteiger partial charge in [-0.2, -0.15) is 9.78 Å².